The molecule has 1 aliphatic carbocycles. The van der Waals surface area contributed by atoms with Crippen molar-refractivity contribution in [3.05, 3.63) is 65.7 Å². The van der Waals surface area contributed by atoms with Crippen LogP contribution < -0.4 is 15.4 Å². The number of hydrogen-bond acceptors (Lipinski definition) is 4. The smallest absolute Gasteiger partial charge is 0.252 e. The normalized spacial score (nSPS) is 19.8. The van der Waals surface area contributed by atoms with E-state index in [1.165, 1.54) is 4.90 Å². The van der Waals surface area contributed by atoms with Gasteiger partial charge in [-0.15, -0.1) is 0 Å². The Kier molecular flexibility index (Phi) is 8.41. The molecule has 1 saturated heterocycles. The molecule has 37 heavy (non-hydrogen) atoms. The summed E-state index contributed by atoms with van der Waals surface area (Å²) in [6.45, 7) is 0.470. The molecule has 2 N–H and O–H groups in total. The number of amides is 3. The van der Waals surface area contributed by atoms with Crippen molar-refractivity contribution in [2.45, 2.75) is 63.1 Å². The van der Waals surface area contributed by atoms with E-state index < -0.39 is 36.8 Å². The number of alkyl halides is 2. The van der Waals surface area contributed by atoms with Crippen LogP contribution in [0.2, 0.25) is 0 Å². The van der Waals surface area contributed by atoms with Gasteiger partial charge in [-0.05, 0) is 36.1 Å². The number of ether oxygens (including phenoxy) is 1. The fourth-order valence-corrected chi connectivity index (χ4v) is 5.06. The van der Waals surface area contributed by atoms with Gasteiger partial charge in [-0.2, -0.15) is 0 Å². The first kappa shape index (κ1) is 26.6. The van der Waals surface area contributed by atoms with Gasteiger partial charge in [0.2, 0.25) is 17.7 Å². The van der Waals surface area contributed by atoms with Crippen molar-refractivity contribution in [2.75, 3.05) is 13.7 Å². The van der Waals surface area contributed by atoms with E-state index in [4.69, 9.17) is 4.74 Å². The minimum atomic E-state index is -2.86. The highest BCUT2D eigenvalue weighted by atomic mass is 19.3. The third kappa shape index (κ3) is 6.84. The second-order valence-electron chi connectivity index (χ2n) is 9.82. The molecule has 3 amide bonds. The van der Waals surface area contributed by atoms with E-state index in [-0.39, 0.29) is 43.7 Å². The highest BCUT2D eigenvalue weighted by Gasteiger charge is 2.52. The molecule has 1 saturated carbocycles. The van der Waals surface area contributed by atoms with Crippen LogP contribution in [0.25, 0.3) is 0 Å². The van der Waals surface area contributed by atoms with Crippen LogP contribution in [0.5, 0.6) is 5.75 Å². The highest BCUT2D eigenvalue weighted by molar-refractivity contribution is 5.89. The lowest BCUT2D eigenvalue weighted by Crippen LogP contribution is -2.63. The third-order valence-electron chi connectivity index (χ3n) is 7.16. The summed E-state index contributed by atoms with van der Waals surface area (Å²) in [5, 5.41) is 5.68. The largest absolute Gasteiger partial charge is 0.497 e. The van der Waals surface area contributed by atoms with Gasteiger partial charge in [0.25, 0.3) is 5.92 Å². The van der Waals surface area contributed by atoms with Gasteiger partial charge in [-0.25, -0.2) is 8.78 Å². The molecular weight excluding hydrogens is 480 g/mol. The number of nitrogens with one attached hydrogen (secondary N) is 2. The summed E-state index contributed by atoms with van der Waals surface area (Å²) in [5.41, 5.74) is 1.79. The molecule has 2 fully saturated rings. The van der Waals surface area contributed by atoms with E-state index in [0.717, 1.165) is 11.1 Å². The Morgan fingerprint density at radius 1 is 1.11 bits per heavy atom. The summed E-state index contributed by atoms with van der Waals surface area (Å²) in [5.74, 6) is -3.38. The van der Waals surface area contributed by atoms with Crippen LogP contribution in [0.4, 0.5) is 8.78 Å². The van der Waals surface area contributed by atoms with Crippen LogP contribution in [0.1, 0.15) is 43.2 Å². The predicted molar refractivity (Wildman–Crippen MR) is 134 cm³/mol. The van der Waals surface area contributed by atoms with Crippen molar-refractivity contribution in [3.63, 3.8) is 0 Å². The van der Waals surface area contributed by atoms with Crippen molar-refractivity contribution in [1.82, 2.24) is 15.5 Å². The number of nitrogens with zero attached hydrogens (tertiary/aromatic N) is 1. The van der Waals surface area contributed by atoms with E-state index in [0.29, 0.717) is 18.6 Å². The summed E-state index contributed by atoms with van der Waals surface area (Å²) in [7, 11) is 1.57. The van der Waals surface area contributed by atoms with Crippen LogP contribution in [-0.2, 0) is 27.3 Å². The van der Waals surface area contributed by atoms with Crippen molar-refractivity contribution in [3.8, 4) is 5.75 Å². The van der Waals surface area contributed by atoms with Crippen LogP contribution in [0.15, 0.2) is 54.6 Å². The van der Waals surface area contributed by atoms with Crippen LogP contribution in [-0.4, -0.2) is 54.3 Å². The molecule has 2 aromatic carbocycles. The molecule has 2 atom stereocenters. The van der Waals surface area contributed by atoms with Crippen LogP contribution in [0, 0.1) is 5.92 Å². The third-order valence-corrected chi connectivity index (χ3v) is 7.16. The topological polar surface area (TPSA) is 87.7 Å². The van der Waals surface area contributed by atoms with E-state index >= 15 is 0 Å². The fraction of sp³-hybridized carbons (Fsp3) is 0.464. The molecule has 0 radical (unpaired) electrons. The monoisotopic (exact) mass is 513 g/mol. The molecule has 9 heteroatoms. The van der Waals surface area contributed by atoms with Gasteiger partial charge in [0.05, 0.1) is 7.11 Å². The second kappa shape index (κ2) is 11.7. The van der Waals surface area contributed by atoms with Gasteiger partial charge in [0.15, 0.2) is 0 Å². The van der Waals surface area contributed by atoms with Crippen LogP contribution in [0.3, 0.4) is 0 Å². The van der Waals surface area contributed by atoms with Gasteiger partial charge < -0.3 is 20.3 Å². The molecule has 7 nitrogen and oxygen atoms in total. The first-order valence-corrected chi connectivity index (χ1v) is 12.7. The van der Waals surface area contributed by atoms with E-state index in [9.17, 15) is 23.2 Å². The van der Waals surface area contributed by atoms with Gasteiger partial charge in [0, 0.05) is 50.7 Å². The Labute approximate surface area is 215 Å². The molecule has 2 aromatic rings. The van der Waals surface area contributed by atoms with Crippen molar-refractivity contribution >= 4 is 17.7 Å². The Balaban J connectivity index is 1.55. The summed E-state index contributed by atoms with van der Waals surface area (Å²) >= 11 is 0. The first-order chi connectivity index (χ1) is 17.8. The molecule has 198 valence electrons. The lowest BCUT2D eigenvalue weighted by atomic mass is 9.82. The first-order valence-electron chi connectivity index (χ1n) is 12.7. The number of methoxy groups -OCH3 is 1. The second-order valence-corrected chi connectivity index (χ2v) is 9.82. The molecule has 2 aliphatic rings. The van der Waals surface area contributed by atoms with E-state index in [1.54, 1.807) is 19.2 Å². The Morgan fingerprint density at radius 2 is 1.81 bits per heavy atom. The fourth-order valence-electron chi connectivity index (χ4n) is 5.06. The maximum atomic E-state index is 14.0. The quantitative estimate of drug-likeness (QED) is 0.510. The highest BCUT2D eigenvalue weighted by Crippen LogP contribution is 2.42. The van der Waals surface area contributed by atoms with Gasteiger partial charge >= 0.3 is 0 Å². The van der Waals surface area contributed by atoms with Gasteiger partial charge in [-0.3, -0.25) is 14.4 Å². The zero-order valence-electron chi connectivity index (χ0n) is 20.9. The van der Waals surface area contributed by atoms with Crippen LogP contribution >= 0.6 is 0 Å². The zero-order valence-corrected chi connectivity index (χ0v) is 20.9. The number of hydrogen-bond donors (Lipinski definition) is 2. The minimum Gasteiger partial charge on any atom is -0.497 e. The molecule has 1 aliphatic heterocycles. The molecule has 1 heterocycles. The summed E-state index contributed by atoms with van der Waals surface area (Å²) in [4.78, 5) is 40.4. The molecule has 4 rings (SSSR count). The molecular formula is C28H33F2N3O4. The number of carbonyl (C=O) groups is 3. The molecule has 0 spiro atoms. The lowest BCUT2D eigenvalue weighted by Gasteiger charge is -2.48. The minimum absolute atomic E-state index is 0.0793. The average molecular weight is 514 g/mol. The lowest BCUT2D eigenvalue weighted by molar-refractivity contribution is -0.167. The summed E-state index contributed by atoms with van der Waals surface area (Å²) < 4.78 is 33.1. The zero-order chi connectivity index (χ0) is 26.4. The Hall–Kier alpha value is -3.49. The Bertz CT molecular complexity index is 1080. The SMILES string of the molecule is COc1ccc(CCC(=O)N(C2CC(F)(F)C2)C(C(=O)NCc2ccccc2)C2CCC(=O)NC2)cc1. The van der Waals surface area contributed by atoms with Crippen molar-refractivity contribution in [2.24, 2.45) is 5.92 Å². The number of aryl methyl sites for hydroxylation is 1. The number of halogens is 2. The maximum Gasteiger partial charge on any atom is 0.252 e. The molecule has 0 bridgehead atoms. The van der Waals surface area contributed by atoms with E-state index in [2.05, 4.69) is 10.6 Å². The number of rotatable bonds is 10. The summed E-state index contributed by atoms with van der Waals surface area (Å²) in [6.07, 6.45) is 0.173. The Morgan fingerprint density at radius 3 is 2.41 bits per heavy atom. The van der Waals surface area contributed by atoms with Crippen molar-refractivity contribution < 1.29 is 27.9 Å². The van der Waals surface area contributed by atoms with Gasteiger partial charge in [-0.1, -0.05) is 42.5 Å². The van der Waals surface area contributed by atoms with E-state index in [1.807, 2.05) is 42.5 Å². The standard InChI is InChI=1S/C28H33F2N3O4/c1-37-23-11-7-19(8-12-23)9-14-25(35)33(22-15-28(29,30)16-22)26(21-10-13-24(34)31-18-21)27(36)32-17-20-5-3-2-4-6-20/h2-8,11-12,21-22,26H,9-10,13-18H2,1H3,(H,31,34)(H,32,36). The summed E-state index contributed by atoms with van der Waals surface area (Å²) in [6, 6.07) is 15.0. The number of benzene rings is 2. The van der Waals surface area contributed by atoms with Crippen molar-refractivity contribution in [1.29, 1.82) is 0 Å². The van der Waals surface area contributed by atoms with Gasteiger partial charge in [0.1, 0.15) is 11.8 Å². The maximum absolute atomic E-state index is 14.0. The number of piperidine rings is 1. The molecule has 0 aromatic heterocycles. The average Bonchev–Trinajstić information content (AvgIpc) is 2.89. The predicted octanol–water partition coefficient (Wildman–Crippen LogP) is 3.47. The number of carbonyl (C=O) groups excluding carboxylic acids is 3. The molecule has 2 unspecified atom stereocenters.